The van der Waals surface area contributed by atoms with Gasteiger partial charge in [0.25, 0.3) is 0 Å². The van der Waals surface area contributed by atoms with Crippen LogP contribution in [0.5, 0.6) is 0 Å². The summed E-state index contributed by atoms with van der Waals surface area (Å²) in [5, 5.41) is 0. The summed E-state index contributed by atoms with van der Waals surface area (Å²) in [6.07, 6.45) is 6.99. The number of methoxy groups -OCH3 is 1. The normalized spacial score (nSPS) is 16.7. The van der Waals surface area contributed by atoms with Crippen LogP contribution in [-0.4, -0.2) is 37.1 Å². The fourth-order valence-corrected chi connectivity index (χ4v) is 2.86. The highest BCUT2D eigenvalue weighted by molar-refractivity contribution is 4.99. The number of allylic oxidation sites excluding steroid dienone is 2. The van der Waals surface area contributed by atoms with E-state index in [1.807, 2.05) is 0 Å². The van der Waals surface area contributed by atoms with Crippen molar-refractivity contribution in [1.82, 2.24) is 0 Å². The van der Waals surface area contributed by atoms with E-state index in [4.69, 9.17) is 14.2 Å². The van der Waals surface area contributed by atoms with Crippen molar-refractivity contribution in [2.45, 2.75) is 98.4 Å². The van der Waals surface area contributed by atoms with Crippen molar-refractivity contribution >= 4 is 0 Å². The van der Waals surface area contributed by atoms with Crippen LogP contribution in [0.2, 0.25) is 0 Å². The average molecular weight is 355 g/mol. The fourth-order valence-electron chi connectivity index (χ4n) is 2.86. The van der Waals surface area contributed by atoms with Crippen LogP contribution < -0.4 is 0 Å². The number of hydrogen-bond donors (Lipinski definition) is 0. The zero-order chi connectivity index (χ0) is 19.7. The molecule has 0 heterocycles. The smallest absolute Gasteiger partial charge is 0.0921 e. The van der Waals surface area contributed by atoms with E-state index in [2.05, 4.69) is 74.5 Å². The van der Waals surface area contributed by atoms with Crippen molar-refractivity contribution in [1.29, 1.82) is 0 Å². The predicted octanol–water partition coefficient (Wildman–Crippen LogP) is 6.08. The molecule has 25 heavy (non-hydrogen) atoms. The third-order valence-corrected chi connectivity index (χ3v) is 4.55. The molecule has 0 radical (unpaired) electrons. The van der Waals surface area contributed by atoms with E-state index < -0.39 is 5.60 Å². The number of rotatable bonds is 12. The molecule has 0 rings (SSSR count). The summed E-state index contributed by atoms with van der Waals surface area (Å²) >= 11 is 0. The van der Waals surface area contributed by atoms with E-state index in [-0.39, 0.29) is 11.2 Å². The molecule has 0 saturated heterocycles. The first-order chi connectivity index (χ1) is 11.4. The second-order valence-electron chi connectivity index (χ2n) is 8.78. The van der Waals surface area contributed by atoms with Gasteiger partial charge in [-0.15, -0.1) is 0 Å². The lowest BCUT2D eigenvalue weighted by molar-refractivity contribution is -0.190. The zero-order valence-electron chi connectivity index (χ0n) is 18.4. The molecule has 0 aromatic heterocycles. The minimum Gasteiger partial charge on any atom is -0.379 e. The van der Waals surface area contributed by atoms with Crippen molar-refractivity contribution in [3.05, 3.63) is 23.3 Å². The molecule has 0 aliphatic rings. The maximum absolute atomic E-state index is 6.70. The van der Waals surface area contributed by atoms with Crippen LogP contribution in [0.4, 0.5) is 0 Å². The van der Waals surface area contributed by atoms with Gasteiger partial charge in [-0.2, -0.15) is 0 Å². The van der Waals surface area contributed by atoms with Gasteiger partial charge in [0.05, 0.1) is 30.0 Å². The molecule has 0 N–H and O–H groups in total. The molecule has 3 heteroatoms. The molecular weight excluding hydrogens is 312 g/mol. The van der Waals surface area contributed by atoms with E-state index >= 15 is 0 Å². The molecule has 0 amide bonds. The summed E-state index contributed by atoms with van der Waals surface area (Å²) in [7, 11) is 1.76. The van der Waals surface area contributed by atoms with Gasteiger partial charge in [-0.1, -0.05) is 30.2 Å². The van der Waals surface area contributed by atoms with Gasteiger partial charge in [-0.3, -0.25) is 0 Å². The van der Waals surface area contributed by atoms with Crippen LogP contribution in [0.25, 0.3) is 0 Å². The summed E-state index contributed by atoms with van der Waals surface area (Å²) in [6, 6.07) is 0. The van der Waals surface area contributed by atoms with Gasteiger partial charge in [0, 0.05) is 13.5 Å². The third kappa shape index (κ3) is 10.8. The van der Waals surface area contributed by atoms with E-state index in [1.54, 1.807) is 7.11 Å². The summed E-state index contributed by atoms with van der Waals surface area (Å²) in [5.74, 6) is 0. The lowest BCUT2D eigenvalue weighted by Gasteiger charge is -2.43. The highest BCUT2D eigenvalue weighted by Crippen LogP contribution is 2.34. The van der Waals surface area contributed by atoms with Gasteiger partial charge < -0.3 is 14.2 Å². The third-order valence-electron chi connectivity index (χ3n) is 4.55. The van der Waals surface area contributed by atoms with E-state index in [0.29, 0.717) is 13.2 Å². The minimum absolute atomic E-state index is 0.213. The first-order valence-electron chi connectivity index (χ1n) is 9.47. The molecule has 148 valence electrons. The molecule has 0 aliphatic carbocycles. The van der Waals surface area contributed by atoms with Crippen LogP contribution in [0.15, 0.2) is 23.3 Å². The van der Waals surface area contributed by atoms with E-state index in [0.717, 1.165) is 19.3 Å². The van der Waals surface area contributed by atoms with Crippen molar-refractivity contribution in [2.75, 3.05) is 20.3 Å². The van der Waals surface area contributed by atoms with E-state index in [1.165, 1.54) is 11.1 Å². The molecule has 0 aromatic rings. The summed E-state index contributed by atoms with van der Waals surface area (Å²) < 4.78 is 18.3. The first kappa shape index (κ1) is 24.4. The van der Waals surface area contributed by atoms with Crippen molar-refractivity contribution in [3.63, 3.8) is 0 Å². The molecule has 0 aliphatic heterocycles. The van der Waals surface area contributed by atoms with Crippen LogP contribution >= 0.6 is 0 Å². The van der Waals surface area contributed by atoms with Crippen molar-refractivity contribution < 1.29 is 14.2 Å². The van der Waals surface area contributed by atoms with Gasteiger partial charge in [-0.25, -0.2) is 0 Å². The molecular formula is C22H42O3. The molecule has 2 atom stereocenters. The Morgan fingerprint density at radius 2 is 1.44 bits per heavy atom. The lowest BCUT2D eigenvalue weighted by atomic mass is 9.88. The van der Waals surface area contributed by atoms with Gasteiger partial charge in [0.1, 0.15) is 0 Å². The second-order valence-corrected chi connectivity index (χ2v) is 8.78. The maximum Gasteiger partial charge on any atom is 0.0921 e. The molecule has 0 bridgehead atoms. The molecule has 2 unspecified atom stereocenters. The maximum atomic E-state index is 6.70. The number of ether oxygens (including phenoxy) is 3. The standard InChI is InChI=1S/C22H42O3/c1-11-21(8,14-12-18(2)3)25-22(9,16-20(6,7)23-10)17-24-15-13-19(4)5/h12-13H,11,14-17H2,1-10H3. The quantitative estimate of drug-likeness (QED) is 0.314. The van der Waals surface area contributed by atoms with Crippen LogP contribution in [0, 0.1) is 0 Å². The Kier molecular flexibility index (Phi) is 10.2. The Labute approximate surface area is 156 Å². The van der Waals surface area contributed by atoms with Gasteiger partial charge in [0.2, 0.25) is 0 Å². The topological polar surface area (TPSA) is 27.7 Å². The number of hydrogen-bond acceptors (Lipinski definition) is 3. The SMILES string of the molecule is CCC(C)(CC=C(C)C)OC(C)(COCC=C(C)C)CC(C)(C)OC. The molecule has 0 saturated carbocycles. The van der Waals surface area contributed by atoms with Crippen molar-refractivity contribution in [2.24, 2.45) is 0 Å². The largest absolute Gasteiger partial charge is 0.379 e. The van der Waals surface area contributed by atoms with Crippen molar-refractivity contribution in [3.8, 4) is 0 Å². The minimum atomic E-state index is -0.407. The molecule has 0 aromatic carbocycles. The predicted molar refractivity (Wildman–Crippen MR) is 108 cm³/mol. The Hall–Kier alpha value is -0.640. The monoisotopic (exact) mass is 354 g/mol. The van der Waals surface area contributed by atoms with E-state index in [9.17, 15) is 0 Å². The molecule has 0 fully saturated rings. The summed E-state index contributed by atoms with van der Waals surface area (Å²) in [5.41, 5.74) is 1.70. The Morgan fingerprint density at radius 1 is 0.880 bits per heavy atom. The fraction of sp³-hybridized carbons (Fsp3) is 0.818. The first-order valence-corrected chi connectivity index (χ1v) is 9.47. The van der Waals surface area contributed by atoms with Crippen LogP contribution in [0.3, 0.4) is 0 Å². The second kappa shape index (κ2) is 10.5. The van der Waals surface area contributed by atoms with Gasteiger partial charge in [-0.05, 0) is 68.2 Å². The summed E-state index contributed by atoms with van der Waals surface area (Å²) in [4.78, 5) is 0. The Balaban J connectivity index is 5.26. The Bertz CT molecular complexity index is 442. The van der Waals surface area contributed by atoms with Gasteiger partial charge >= 0.3 is 0 Å². The van der Waals surface area contributed by atoms with Gasteiger partial charge in [0.15, 0.2) is 0 Å². The molecule has 0 spiro atoms. The zero-order valence-corrected chi connectivity index (χ0v) is 18.4. The highest BCUT2D eigenvalue weighted by Gasteiger charge is 2.39. The average Bonchev–Trinajstić information content (AvgIpc) is 2.49. The lowest BCUT2D eigenvalue weighted by Crippen LogP contribution is -2.48. The Morgan fingerprint density at radius 3 is 1.88 bits per heavy atom. The highest BCUT2D eigenvalue weighted by atomic mass is 16.6. The summed E-state index contributed by atoms with van der Waals surface area (Å²) in [6.45, 7) is 20.3. The van der Waals surface area contributed by atoms with Crippen LogP contribution in [-0.2, 0) is 14.2 Å². The van der Waals surface area contributed by atoms with Crippen LogP contribution in [0.1, 0.15) is 81.6 Å². The molecule has 3 nitrogen and oxygen atoms in total.